The lowest BCUT2D eigenvalue weighted by molar-refractivity contribution is 1.11. The van der Waals surface area contributed by atoms with Crippen LogP contribution in [0.3, 0.4) is 0 Å². The standard InChI is InChI=1S/C13H13BrN6/c1-8-2-3-9(6-10(8)14)17-12-13-16-4-5-20(13)7-11(18-12)19-15/h2-7,19H,15H2,1H3,(H,17,18). The van der Waals surface area contributed by atoms with E-state index in [2.05, 4.69) is 36.6 Å². The highest BCUT2D eigenvalue weighted by Crippen LogP contribution is 2.25. The molecular formula is C13H13BrN6. The predicted molar refractivity (Wildman–Crippen MR) is 83.0 cm³/mol. The molecule has 0 unspecified atom stereocenters. The number of hydrogen-bond donors (Lipinski definition) is 3. The van der Waals surface area contributed by atoms with Crippen molar-refractivity contribution in [1.29, 1.82) is 0 Å². The molecule has 3 aromatic rings. The highest BCUT2D eigenvalue weighted by Gasteiger charge is 2.08. The number of benzene rings is 1. The van der Waals surface area contributed by atoms with Crippen molar-refractivity contribution in [2.24, 2.45) is 5.84 Å². The SMILES string of the molecule is Cc1ccc(Nc2nc(NN)cn3ccnc23)cc1Br. The Morgan fingerprint density at radius 3 is 2.95 bits per heavy atom. The molecule has 3 rings (SSSR count). The number of nitrogen functional groups attached to an aromatic ring is 1. The zero-order chi connectivity index (χ0) is 14.1. The van der Waals surface area contributed by atoms with Crippen LogP contribution in [0.2, 0.25) is 0 Å². The van der Waals surface area contributed by atoms with Crippen LogP contribution in [0.1, 0.15) is 5.56 Å². The number of imidazole rings is 1. The summed E-state index contributed by atoms with van der Waals surface area (Å²) in [4.78, 5) is 8.68. The molecule has 102 valence electrons. The van der Waals surface area contributed by atoms with Gasteiger partial charge in [-0.1, -0.05) is 22.0 Å². The number of aromatic nitrogens is 3. The van der Waals surface area contributed by atoms with Crippen LogP contribution in [0.5, 0.6) is 0 Å². The number of hydrogen-bond acceptors (Lipinski definition) is 5. The van der Waals surface area contributed by atoms with Crippen molar-refractivity contribution in [2.45, 2.75) is 6.92 Å². The lowest BCUT2D eigenvalue weighted by Gasteiger charge is -2.10. The van der Waals surface area contributed by atoms with E-state index in [4.69, 9.17) is 5.84 Å². The molecule has 6 nitrogen and oxygen atoms in total. The molecule has 7 heteroatoms. The monoisotopic (exact) mass is 332 g/mol. The van der Waals surface area contributed by atoms with Crippen LogP contribution >= 0.6 is 15.9 Å². The van der Waals surface area contributed by atoms with Gasteiger partial charge in [0.15, 0.2) is 17.3 Å². The van der Waals surface area contributed by atoms with Crippen LogP contribution in [-0.4, -0.2) is 14.4 Å². The molecule has 4 N–H and O–H groups in total. The molecule has 0 spiro atoms. The number of nitrogens with one attached hydrogen (secondary N) is 2. The first-order chi connectivity index (χ1) is 9.67. The second-order valence-electron chi connectivity index (χ2n) is 4.37. The summed E-state index contributed by atoms with van der Waals surface area (Å²) in [5.41, 5.74) is 5.38. The number of hydrazine groups is 1. The number of rotatable bonds is 3. The molecule has 0 saturated carbocycles. The molecule has 0 radical (unpaired) electrons. The molecule has 0 aliphatic rings. The predicted octanol–water partition coefficient (Wildman–Crippen LogP) is 2.83. The van der Waals surface area contributed by atoms with Gasteiger partial charge in [0.05, 0.1) is 6.20 Å². The van der Waals surface area contributed by atoms with Crippen molar-refractivity contribution in [1.82, 2.24) is 14.4 Å². The van der Waals surface area contributed by atoms with Gasteiger partial charge in [0.25, 0.3) is 0 Å². The van der Waals surface area contributed by atoms with Gasteiger partial charge in [0.1, 0.15) is 0 Å². The quantitative estimate of drug-likeness (QED) is 0.507. The number of anilines is 3. The Labute approximate surface area is 124 Å². The first-order valence-electron chi connectivity index (χ1n) is 6.01. The Morgan fingerprint density at radius 1 is 1.35 bits per heavy atom. The van der Waals surface area contributed by atoms with Crippen molar-refractivity contribution in [3.8, 4) is 0 Å². The summed E-state index contributed by atoms with van der Waals surface area (Å²) >= 11 is 3.52. The Bertz CT molecular complexity index is 767. The van der Waals surface area contributed by atoms with Crippen molar-refractivity contribution in [2.75, 3.05) is 10.7 Å². The highest BCUT2D eigenvalue weighted by atomic mass is 79.9. The lowest BCUT2D eigenvalue weighted by Crippen LogP contribution is -2.11. The smallest absolute Gasteiger partial charge is 0.180 e. The average Bonchev–Trinajstić information content (AvgIpc) is 2.91. The minimum Gasteiger partial charge on any atom is -0.337 e. The fraction of sp³-hybridized carbons (Fsp3) is 0.0769. The third kappa shape index (κ3) is 2.33. The molecule has 0 saturated heterocycles. The highest BCUT2D eigenvalue weighted by molar-refractivity contribution is 9.10. The summed E-state index contributed by atoms with van der Waals surface area (Å²) in [6.07, 6.45) is 5.33. The molecular weight excluding hydrogens is 320 g/mol. The van der Waals surface area contributed by atoms with Gasteiger partial charge < -0.3 is 15.1 Å². The van der Waals surface area contributed by atoms with E-state index >= 15 is 0 Å². The minimum atomic E-state index is 0.559. The van der Waals surface area contributed by atoms with Crippen molar-refractivity contribution in [3.05, 3.63) is 46.8 Å². The van der Waals surface area contributed by atoms with Crippen LogP contribution in [0, 0.1) is 6.92 Å². The molecule has 1 aromatic carbocycles. The first kappa shape index (κ1) is 12.9. The van der Waals surface area contributed by atoms with E-state index < -0.39 is 0 Å². The molecule has 0 aliphatic heterocycles. The Kier molecular flexibility index (Phi) is 3.29. The van der Waals surface area contributed by atoms with Crippen molar-refractivity contribution in [3.63, 3.8) is 0 Å². The normalized spacial score (nSPS) is 10.8. The van der Waals surface area contributed by atoms with Crippen LogP contribution in [0.15, 0.2) is 41.3 Å². The van der Waals surface area contributed by atoms with Gasteiger partial charge in [-0.2, -0.15) is 0 Å². The van der Waals surface area contributed by atoms with Gasteiger partial charge >= 0.3 is 0 Å². The third-order valence-electron chi connectivity index (χ3n) is 2.96. The summed E-state index contributed by atoms with van der Waals surface area (Å²) in [5, 5.41) is 3.26. The average molecular weight is 333 g/mol. The Balaban J connectivity index is 2.04. The number of aryl methyl sites for hydroxylation is 1. The maximum absolute atomic E-state index is 5.43. The minimum absolute atomic E-state index is 0.559. The molecule has 20 heavy (non-hydrogen) atoms. The molecule has 0 atom stereocenters. The molecule has 0 fully saturated rings. The zero-order valence-electron chi connectivity index (χ0n) is 10.8. The molecule has 2 aromatic heterocycles. The van der Waals surface area contributed by atoms with Crippen molar-refractivity contribution >= 4 is 38.9 Å². The summed E-state index contributed by atoms with van der Waals surface area (Å²) in [5.74, 6) is 6.63. The summed E-state index contributed by atoms with van der Waals surface area (Å²) in [6.45, 7) is 2.04. The number of nitrogens with zero attached hydrogens (tertiary/aromatic N) is 3. The van der Waals surface area contributed by atoms with E-state index in [1.165, 1.54) is 5.56 Å². The Morgan fingerprint density at radius 2 is 2.20 bits per heavy atom. The van der Waals surface area contributed by atoms with Crippen LogP contribution in [0.4, 0.5) is 17.3 Å². The first-order valence-corrected chi connectivity index (χ1v) is 6.80. The largest absolute Gasteiger partial charge is 0.337 e. The van der Waals surface area contributed by atoms with Gasteiger partial charge in [-0.15, -0.1) is 0 Å². The van der Waals surface area contributed by atoms with Gasteiger partial charge in [0, 0.05) is 22.6 Å². The number of fused-ring (bicyclic) bond motifs is 1. The van der Waals surface area contributed by atoms with Crippen LogP contribution < -0.4 is 16.6 Å². The van der Waals surface area contributed by atoms with E-state index in [-0.39, 0.29) is 0 Å². The second kappa shape index (κ2) is 5.10. The fourth-order valence-electron chi connectivity index (χ4n) is 1.89. The van der Waals surface area contributed by atoms with E-state index in [0.29, 0.717) is 11.6 Å². The lowest BCUT2D eigenvalue weighted by atomic mass is 10.2. The van der Waals surface area contributed by atoms with Gasteiger partial charge in [0.2, 0.25) is 0 Å². The fourth-order valence-corrected chi connectivity index (χ4v) is 2.27. The van der Waals surface area contributed by atoms with Gasteiger partial charge in [-0.05, 0) is 24.6 Å². The summed E-state index contributed by atoms with van der Waals surface area (Å²) in [7, 11) is 0. The summed E-state index contributed by atoms with van der Waals surface area (Å²) in [6, 6.07) is 6.02. The van der Waals surface area contributed by atoms with Gasteiger partial charge in [-0.25, -0.2) is 15.8 Å². The van der Waals surface area contributed by atoms with E-state index in [1.807, 2.05) is 35.7 Å². The second-order valence-corrected chi connectivity index (χ2v) is 5.22. The van der Waals surface area contributed by atoms with E-state index in [9.17, 15) is 0 Å². The molecule has 0 amide bonds. The third-order valence-corrected chi connectivity index (χ3v) is 3.81. The topological polar surface area (TPSA) is 80.3 Å². The van der Waals surface area contributed by atoms with E-state index in [1.54, 1.807) is 12.4 Å². The van der Waals surface area contributed by atoms with Crippen LogP contribution in [-0.2, 0) is 0 Å². The number of nitrogens with two attached hydrogens (primary N) is 1. The van der Waals surface area contributed by atoms with Gasteiger partial charge in [-0.3, -0.25) is 0 Å². The number of halogens is 1. The molecule has 0 bridgehead atoms. The molecule has 0 aliphatic carbocycles. The van der Waals surface area contributed by atoms with Crippen LogP contribution in [0.25, 0.3) is 5.65 Å². The molecule has 2 heterocycles. The zero-order valence-corrected chi connectivity index (χ0v) is 12.3. The maximum atomic E-state index is 5.43. The van der Waals surface area contributed by atoms with E-state index in [0.717, 1.165) is 15.8 Å². The summed E-state index contributed by atoms with van der Waals surface area (Å²) < 4.78 is 2.89. The van der Waals surface area contributed by atoms with Crippen molar-refractivity contribution < 1.29 is 0 Å². The maximum Gasteiger partial charge on any atom is 0.180 e. The Hall–Kier alpha value is -2.12.